The van der Waals surface area contributed by atoms with Crippen molar-refractivity contribution in [2.45, 2.75) is 0 Å². The third-order valence-electron chi connectivity index (χ3n) is 4.04. The topological polar surface area (TPSA) is 57.4 Å². The van der Waals surface area contributed by atoms with Crippen LogP contribution in [0.4, 0.5) is 0 Å². The second-order valence-corrected chi connectivity index (χ2v) is 6.81. The molecule has 2 N–H and O–H groups in total. The molecule has 0 aliphatic carbocycles. The van der Waals surface area contributed by atoms with E-state index in [0.29, 0.717) is 0 Å². The Bertz CT molecular complexity index is 1020. The number of hydrogen-bond acceptors (Lipinski definition) is 2. The second-order valence-electron chi connectivity index (χ2n) is 6.01. The standard InChI is InChI=1S/C20H14N4.CH2Cl2.Ni/c1-2-14-10-16-5-6-18(23-16)12-20-8-7-19(24-20)11-17-4-3-15(22-17)9-13(1)21-14;2-1-3;/h1-12,21,24H;1H2;. The summed E-state index contributed by atoms with van der Waals surface area (Å²) in [6, 6.07) is 16.4. The Hall–Kier alpha value is -2.33. The van der Waals surface area contributed by atoms with Crippen molar-refractivity contribution in [3.63, 3.8) is 0 Å². The first-order chi connectivity index (χ1) is 13.2. The van der Waals surface area contributed by atoms with E-state index in [-0.39, 0.29) is 21.8 Å². The zero-order valence-electron chi connectivity index (χ0n) is 14.6. The van der Waals surface area contributed by atoms with Crippen LogP contribution in [-0.4, -0.2) is 25.3 Å². The summed E-state index contributed by atoms with van der Waals surface area (Å²) in [5, 5.41) is 0.194. The molecule has 8 bridgehead atoms. The van der Waals surface area contributed by atoms with Crippen molar-refractivity contribution in [3.05, 3.63) is 71.3 Å². The van der Waals surface area contributed by atoms with E-state index in [4.69, 9.17) is 23.2 Å². The number of nitrogens with zero attached hydrogens (tertiary/aromatic N) is 2. The van der Waals surface area contributed by atoms with E-state index in [1.807, 2.05) is 48.6 Å². The van der Waals surface area contributed by atoms with E-state index in [0.717, 1.165) is 44.8 Å². The van der Waals surface area contributed by atoms with Gasteiger partial charge in [-0.1, -0.05) is 0 Å². The van der Waals surface area contributed by atoms with Crippen molar-refractivity contribution in [2.24, 2.45) is 0 Å². The molecule has 0 saturated carbocycles. The normalized spacial score (nSPS) is 11.5. The number of hydrogen-bond donors (Lipinski definition) is 2. The van der Waals surface area contributed by atoms with E-state index in [1.54, 1.807) is 0 Å². The van der Waals surface area contributed by atoms with Gasteiger partial charge in [0, 0.05) is 38.6 Å². The largest absolute Gasteiger partial charge is 0.355 e. The van der Waals surface area contributed by atoms with Gasteiger partial charge in [-0.05, 0) is 72.8 Å². The molecule has 0 atom stereocenters. The van der Waals surface area contributed by atoms with Crippen molar-refractivity contribution in [2.75, 3.05) is 5.34 Å². The first-order valence-corrected chi connectivity index (χ1v) is 9.45. The summed E-state index contributed by atoms with van der Waals surface area (Å²) in [7, 11) is 0. The van der Waals surface area contributed by atoms with Crippen LogP contribution >= 0.6 is 23.2 Å². The van der Waals surface area contributed by atoms with Crippen molar-refractivity contribution < 1.29 is 16.5 Å². The summed E-state index contributed by atoms with van der Waals surface area (Å²) in [5.74, 6) is 0. The number of fused-ring (bicyclic) bond motifs is 8. The SMILES string of the molecule is C1=Cc2cc3ccc(cc4nc(cc5ccc(cc1n2)[nH]5)C=C4)[nH]3.ClCCl.[Ni]. The quantitative estimate of drug-likeness (QED) is 0.220. The summed E-state index contributed by atoms with van der Waals surface area (Å²) in [4.78, 5) is 16.0. The first-order valence-electron chi connectivity index (χ1n) is 8.38. The molecule has 144 valence electrons. The van der Waals surface area contributed by atoms with Gasteiger partial charge >= 0.3 is 0 Å². The Morgan fingerprint density at radius 1 is 0.571 bits per heavy atom. The molecule has 4 nitrogen and oxygen atoms in total. The molecule has 2 aliphatic heterocycles. The molecule has 0 spiro atoms. The van der Waals surface area contributed by atoms with Gasteiger partial charge in [-0.15, -0.1) is 23.2 Å². The molecule has 0 saturated heterocycles. The predicted molar refractivity (Wildman–Crippen MR) is 115 cm³/mol. The average Bonchev–Trinajstić information content (AvgIpc) is 3.41. The Balaban J connectivity index is 0.000000531. The van der Waals surface area contributed by atoms with Crippen molar-refractivity contribution in [3.8, 4) is 0 Å². The van der Waals surface area contributed by atoms with Crippen LogP contribution in [0.15, 0.2) is 48.5 Å². The van der Waals surface area contributed by atoms with Gasteiger partial charge in [0.2, 0.25) is 0 Å². The molecule has 5 heterocycles. The third-order valence-corrected chi connectivity index (χ3v) is 4.04. The molecule has 5 rings (SSSR count). The van der Waals surface area contributed by atoms with Gasteiger partial charge < -0.3 is 9.97 Å². The summed E-state index contributed by atoms with van der Waals surface area (Å²) in [6.07, 6.45) is 8.09. The fourth-order valence-electron chi connectivity index (χ4n) is 2.94. The summed E-state index contributed by atoms with van der Waals surface area (Å²) in [5.41, 5.74) is 7.86. The van der Waals surface area contributed by atoms with Gasteiger partial charge in [-0.3, -0.25) is 0 Å². The van der Waals surface area contributed by atoms with Crippen LogP contribution in [0.25, 0.3) is 46.4 Å². The zero-order chi connectivity index (χ0) is 18.6. The Labute approximate surface area is 182 Å². The number of nitrogens with one attached hydrogen (secondary N) is 2. The number of aromatic amines is 2. The van der Waals surface area contributed by atoms with Gasteiger partial charge in [0.1, 0.15) is 0 Å². The third kappa shape index (κ3) is 4.93. The van der Waals surface area contributed by atoms with E-state index in [9.17, 15) is 0 Å². The molecule has 0 radical (unpaired) electrons. The Morgan fingerprint density at radius 2 is 0.821 bits per heavy atom. The van der Waals surface area contributed by atoms with E-state index < -0.39 is 0 Å². The number of alkyl halides is 2. The minimum Gasteiger partial charge on any atom is -0.355 e. The van der Waals surface area contributed by atoms with Crippen molar-refractivity contribution >= 4 is 69.6 Å². The van der Waals surface area contributed by atoms with E-state index in [2.05, 4.69) is 44.2 Å². The van der Waals surface area contributed by atoms with Crippen molar-refractivity contribution in [1.82, 2.24) is 19.9 Å². The average molecular weight is 454 g/mol. The van der Waals surface area contributed by atoms with Crippen LogP contribution in [0.2, 0.25) is 0 Å². The summed E-state index contributed by atoms with van der Waals surface area (Å²) >= 11 is 9.53. The maximum absolute atomic E-state index is 4.76. The van der Waals surface area contributed by atoms with Gasteiger partial charge in [0.05, 0.1) is 28.1 Å². The zero-order valence-corrected chi connectivity index (χ0v) is 17.1. The van der Waals surface area contributed by atoms with Crippen molar-refractivity contribution in [1.29, 1.82) is 0 Å². The Morgan fingerprint density at radius 3 is 1.07 bits per heavy atom. The minimum absolute atomic E-state index is 0. The molecular formula is C21H16Cl2N4Ni. The number of halogens is 2. The van der Waals surface area contributed by atoms with Crippen LogP contribution in [0.1, 0.15) is 22.8 Å². The second kappa shape index (κ2) is 9.25. The molecule has 3 aromatic heterocycles. The Kier molecular flexibility index (Phi) is 6.74. The molecular weight excluding hydrogens is 438 g/mol. The molecule has 3 aromatic rings. The minimum atomic E-state index is 0. The van der Waals surface area contributed by atoms with E-state index in [1.165, 1.54) is 0 Å². The fourth-order valence-corrected chi connectivity index (χ4v) is 2.94. The smallest absolute Gasteiger partial charge is 0.0967 e. The van der Waals surface area contributed by atoms with Gasteiger partial charge in [-0.25, -0.2) is 9.97 Å². The molecule has 0 amide bonds. The predicted octanol–water partition coefficient (Wildman–Crippen LogP) is 6.07. The summed E-state index contributed by atoms with van der Waals surface area (Å²) in [6.45, 7) is 0. The first kappa shape index (κ1) is 20.4. The number of H-pyrrole nitrogens is 2. The van der Waals surface area contributed by atoms with Crippen LogP contribution in [-0.2, 0) is 16.5 Å². The summed E-state index contributed by atoms with van der Waals surface area (Å²) < 4.78 is 0. The molecule has 0 aromatic carbocycles. The monoisotopic (exact) mass is 452 g/mol. The number of rotatable bonds is 0. The molecule has 0 fully saturated rings. The van der Waals surface area contributed by atoms with Crippen LogP contribution < -0.4 is 0 Å². The van der Waals surface area contributed by atoms with Crippen LogP contribution in [0, 0.1) is 0 Å². The van der Waals surface area contributed by atoms with Gasteiger partial charge in [0.15, 0.2) is 0 Å². The molecule has 2 aliphatic rings. The maximum Gasteiger partial charge on any atom is 0.0967 e. The van der Waals surface area contributed by atoms with Crippen LogP contribution in [0.3, 0.4) is 0 Å². The van der Waals surface area contributed by atoms with E-state index >= 15 is 0 Å². The van der Waals surface area contributed by atoms with Gasteiger partial charge in [-0.2, -0.15) is 0 Å². The molecule has 28 heavy (non-hydrogen) atoms. The van der Waals surface area contributed by atoms with Crippen LogP contribution in [0.5, 0.6) is 0 Å². The number of aromatic nitrogens is 4. The molecule has 0 unspecified atom stereocenters. The maximum atomic E-state index is 4.76. The molecule has 7 heteroatoms. The fraction of sp³-hybridized carbons (Fsp3) is 0.0476. The van der Waals surface area contributed by atoms with Gasteiger partial charge in [0.25, 0.3) is 0 Å².